The molecule has 0 radical (unpaired) electrons. The number of carbonyl (C=O) groups is 2. The second-order valence-corrected chi connectivity index (χ2v) is 9.95. The first-order chi connectivity index (χ1) is 18.3. The predicted octanol–water partition coefficient (Wildman–Crippen LogP) is 4.50. The van der Waals surface area contributed by atoms with Crippen LogP contribution in [-0.4, -0.2) is 36.5 Å². The predicted molar refractivity (Wildman–Crippen MR) is 140 cm³/mol. The van der Waals surface area contributed by atoms with E-state index in [2.05, 4.69) is 18.7 Å². The van der Waals surface area contributed by atoms with Gasteiger partial charge in [-0.25, -0.2) is 0 Å². The van der Waals surface area contributed by atoms with Crippen molar-refractivity contribution in [3.63, 3.8) is 0 Å². The van der Waals surface area contributed by atoms with Gasteiger partial charge >= 0.3 is 6.18 Å². The van der Waals surface area contributed by atoms with Crippen molar-refractivity contribution in [2.75, 3.05) is 19.6 Å². The fourth-order valence-electron chi connectivity index (χ4n) is 4.20. The Morgan fingerprint density at radius 3 is 1.92 bits per heavy atom. The van der Waals surface area contributed by atoms with Crippen molar-refractivity contribution in [3.05, 3.63) is 57.6 Å². The van der Waals surface area contributed by atoms with Gasteiger partial charge in [0.1, 0.15) is 0 Å². The molecule has 3 aromatic rings. The van der Waals surface area contributed by atoms with Gasteiger partial charge in [0.15, 0.2) is 0 Å². The maximum absolute atomic E-state index is 13.4. The van der Waals surface area contributed by atoms with E-state index in [9.17, 15) is 18.3 Å². The lowest BCUT2D eigenvalue weighted by molar-refractivity contribution is -0.427. The second-order valence-electron chi connectivity index (χ2n) is 9.11. The molecule has 11 heteroatoms. The van der Waals surface area contributed by atoms with E-state index in [1.54, 1.807) is 18.2 Å². The van der Waals surface area contributed by atoms with Gasteiger partial charge in [0.2, 0.25) is 0 Å². The van der Waals surface area contributed by atoms with Crippen LogP contribution in [0.1, 0.15) is 63.2 Å². The first-order valence-electron chi connectivity index (χ1n) is 12.5. The standard InChI is InChI=1S/C26H29Cl2F3NO.C2H2O4/c1-3-5-10-32(11-6-4-2)12-9-25(33)23-16-22-21(14-18(27)15-24(22)28)20-13-17(26(29,30)31)7-8-19(20)23;3-1(4)2(5)6/h7-8,13-16,25H,3-6,9-12H2,1-2H3;(H,3,4)(H,5,6)/q-1;/p-2. The monoisotopic (exact) mass is 586 g/mol. The minimum atomic E-state index is -4.49. The van der Waals surface area contributed by atoms with Crippen molar-refractivity contribution < 1.29 is 38.1 Å². The normalized spacial score (nSPS) is 12.4. The molecule has 214 valence electrons. The van der Waals surface area contributed by atoms with Crippen LogP contribution in [0, 0.1) is 0 Å². The van der Waals surface area contributed by atoms with Crippen LogP contribution in [0.4, 0.5) is 13.2 Å². The summed E-state index contributed by atoms with van der Waals surface area (Å²) in [5, 5.41) is 33.8. The van der Waals surface area contributed by atoms with Crippen molar-refractivity contribution >= 4 is 56.7 Å². The molecule has 0 spiro atoms. The fourth-order valence-corrected chi connectivity index (χ4v) is 4.75. The lowest BCUT2D eigenvalue weighted by Crippen LogP contribution is -2.42. The lowest BCUT2D eigenvalue weighted by atomic mass is 9.92. The molecule has 1 unspecified atom stereocenters. The molecule has 0 N–H and O–H groups in total. The summed E-state index contributed by atoms with van der Waals surface area (Å²) in [5.41, 5.74) is -0.293. The van der Waals surface area contributed by atoms with Gasteiger partial charge in [0, 0.05) is 15.4 Å². The highest BCUT2D eigenvalue weighted by Crippen LogP contribution is 2.40. The van der Waals surface area contributed by atoms with Gasteiger partial charge in [-0.05, 0) is 79.3 Å². The Kier molecular flexibility index (Phi) is 12.3. The maximum atomic E-state index is 13.4. The summed E-state index contributed by atoms with van der Waals surface area (Å²) in [7, 11) is 0. The second kappa shape index (κ2) is 14.7. The summed E-state index contributed by atoms with van der Waals surface area (Å²) < 4.78 is 40.3. The van der Waals surface area contributed by atoms with Crippen molar-refractivity contribution in [2.45, 2.75) is 58.2 Å². The molecule has 0 heterocycles. The van der Waals surface area contributed by atoms with E-state index >= 15 is 0 Å². The molecule has 3 aromatic carbocycles. The molecular formula is C28H29Cl2F3NO5-3. The van der Waals surface area contributed by atoms with Gasteiger partial charge in [-0.2, -0.15) is 13.2 Å². The Bertz CT molecular complexity index is 1280. The van der Waals surface area contributed by atoms with Crippen LogP contribution in [0.5, 0.6) is 0 Å². The smallest absolute Gasteiger partial charge is 0.416 e. The zero-order valence-corrected chi connectivity index (χ0v) is 23.1. The zero-order chi connectivity index (χ0) is 29.3. The van der Waals surface area contributed by atoms with Crippen molar-refractivity contribution in [2.24, 2.45) is 0 Å². The Hall–Kier alpha value is -2.59. The molecule has 0 bridgehead atoms. The number of carbonyl (C=O) groups excluding carboxylic acids is 2. The van der Waals surface area contributed by atoms with Gasteiger partial charge < -0.3 is 29.8 Å². The fraction of sp³-hybridized carbons (Fsp3) is 0.429. The Morgan fingerprint density at radius 2 is 1.41 bits per heavy atom. The molecular weight excluding hydrogens is 558 g/mol. The van der Waals surface area contributed by atoms with Gasteiger partial charge in [0.25, 0.3) is 0 Å². The highest BCUT2D eigenvalue weighted by molar-refractivity contribution is 6.39. The number of fused-ring (bicyclic) bond motifs is 3. The summed E-state index contributed by atoms with van der Waals surface area (Å²) >= 11 is 12.5. The average molecular weight is 587 g/mol. The molecule has 0 aliphatic rings. The molecule has 39 heavy (non-hydrogen) atoms. The number of hydrogen-bond donors (Lipinski definition) is 0. The van der Waals surface area contributed by atoms with Crippen molar-refractivity contribution in [3.8, 4) is 0 Å². The third-order valence-electron chi connectivity index (χ3n) is 6.22. The number of nitrogens with zero attached hydrogens (tertiary/aromatic N) is 1. The Labute approximate surface area is 234 Å². The van der Waals surface area contributed by atoms with E-state index in [0.29, 0.717) is 50.1 Å². The first kappa shape index (κ1) is 32.6. The van der Waals surface area contributed by atoms with Gasteiger partial charge in [-0.15, -0.1) is 0 Å². The molecule has 0 saturated carbocycles. The zero-order valence-electron chi connectivity index (χ0n) is 21.6. The summed E-state index contributed by atoms with van der Waals surface area (Å²) in [6, 6.07) is 8.40. The molecule has 0 aromatic heterocycles. The summed E-state index contributed by atoms with van der Waals surface area (Å²) in [6.07, 6.45) is -0.880. The van der Waals surface area contributed by atoms with Crippen LogP contribution in [0.3, 0.4) is 0 Å². The van der Waals surface area contributed by atoms with E-state index in [1.807, 2.05) is 0 Å². The molecule has 0 amide bonds. The molecule has 0 fully saturated rings. The largest absolute Gasteiger partial charge is 0.848 e. The minimum absolute atomic E-state index is 0.317. The number of carboxylic acid groups (broad SMARTS) is 2. The molecule has 0 saturated heterocycles. The summed E-state index contributed by atoms with van der Waals surface area (Å²) in [5.74, 6) is -4.37. The summed E-state index contributed by atoms with van der Waals surface area (Å²) in [4.78, 5) is 20.2. The third kappa shape index (κ3) is 9.24. The van der Waals surface area contributed by atoms with Gasteiger partial charge in [0.05, 0.1) is 17.5 Å². The van der Waals surface area contributed by atoms with Crippen LogP contribution in [0.2, 0.25) is 10.0 Å². The number of halogens is 5. The average Bonchev–Trinajstić information content (AvgIpc) is 2.87. The van der Waals surface area contributed by atoms with Crippen LogP contribution in [0.15, 0.2) is 36.4 Å². The quantitative estimate of drug-likeness (QED) is 0.256. The molecule has 0 aliphatic heterocycles. The number of hydrogen-bond acceptors (Lipinski definition) is 6. The highest BCUT2D eigenvalue weighted by atomic mass is 35.5. The van der Waals surface area contributed by atoms with E-state index in [4.69, 9.17) is 43.0 Å². The Balaban J connectivity index is 0.000000798. The number of benzene rings is 3. The number of alkyl halides is 3. The maximum Gasteiger partial charge on any atom is 0.416 e. The van der Waals surface area contributed by atoms with Crippen molar-refractivity contribution in [1.82, 2.24) is 4.90 Å². The summed E-state index contributed by atoms with van der Waals surface area (Å²) in [6.45, 7) is 6.83. The van der Waals surface area contributed by atoms with Crippen LogP contribution in [-0.2, 0) is 15.8 Å². The number of carboxylic acids is 2. The van der Waals surface area contributed by atoms with Gasteiger partial charge in [-0.3, -0.25) is 0 Å². The molecule has 0 aliphatic carbocycles. The highest BCUT2D eigenvalue weighted by Gasteiger charge is 2.31. The van der Waals surface area contributed by atoms with E-state index in [1.165, 1.54) is 6.07 Å². The van der Waals surface area contributed by atoms with Crippen LogP contribution in [0.25, 0.3) is 21.5 Å². The topological polar surface area (TPSA) is 107 Å². The minimum Gasteiger partial charge on any atom is -0.848 e. The van der Waals surface area contributed by atoms with Gasteiger partial charge in [-0.1, -0.05) is 73.7 Å². The molecule has 1 atom stereocenters. The lowest BCUT2D eigenvalue weighted by Gasteiger charge is -2.30. The van der Waals surface area contributed by atoms with Crippen molar-refractivity contribution in [1.29, 1.82) is 0 Å². The number of unbranched alkanes of at least 4 members (excludes halogenated alkanes) is 2. The third-order valence-corrected chi connectivity index (χ3v) is 6.75. The van der Waals surface area contributed by atoms with E-state index in [0.717, 1.165) is 50.9 Å². The van der Waals surface area contributed by atoms with Crippen LogP contribution < -0.4 is 15.3 Å². The van der Waals surface area contributed by atoms with E-state index < -0.39 is 29.8 Å². The number of rotatable bonds is 10. The first-order valence-corrected chi connectivity index (χ1v) is 13.3. The van der Waals surface area contributed by atoms with E-state index in [-0.39, 0.29) is 0 Å². The molecule has 6 nitrogen and oxygen atoms in total. The number of aliphatic carboxylic acids is 2. The molecule has 3 rings (SSSR count). The van der Waals surface area contributed by atoms with Crippen LogP contribution >= 0.6 is 23.2 Å². The Morgan fingerprint density at radius 1 is 0.846 bits per heavy atom. The SMILES string of the molecule is CCCCN(CCCC)CCC([O-])c1cc2c(Cl)cc(Cl)cc2c2cc(C(F)(F)F)ccc12.O=C([O-])C(=O)[O-].